The van der Waals surface area contributed by atoms with Crippen LogP contribution in [0, 0.1) is 51.8 Å². The largest absolute Gasteiger partial charge is 0.477 e. The van der Waals surface area contributed by atoms with Gasteiger partial charge in [-0.2, -0.15) is 0 Å². The number of aliphatic hydroxyl groups is 1. The van der Waals surface area contributed by atoms with Crippen LogP contribution >= 0.6 is 0 Å². The van der Waals surface area contributed by atoms with E-state index in [-0.39, 0.29) is 6.61 Å². The van der Waals surface area contributed by atoms with Gasteiger partial charge in [0.05, 0.1) is 25.0 Å². The molecule has 1 N–H and O–H groups in total. The number of methoxy groups -OCH3 is 1. The SMILES string of the molecule is COC1C[C@H]2[C@@H]3CC[C@H]([C@H](C)COc4cccc(CO)n4)[C@@]3(C)CC[C@@H]2[C@@]2(C)CC[C@@H]3C[C@@]132. The van der Waals surface area contributed by atoms with E-state index in [1.165, 1.54) is 51.4 Å². The lowest BCUT2D eigenvalue weighted by Gasteiger charge is -2.61. The number of nitrogens with zero attached hydrogens (tertiary/aromatic N) is 1. The van der Waals surface area contributed by atoms with Crippen molar-refractivity contribution in [2.24, 2.45) is 51.8 Å². The molecule has 0 amide bonds. The van der Waals surface area contributed by atoms with Crippen molar-refractivity contribution in [3.63, 3.8) is 0 Å². The average molecular weight is 454 g/mol. The molecular formula is C29H43NO3. The Bertz CT molecular complexity index is 905. The number of aromatic nitrogens is 1. The molecule has 0 bridgehead atoms. The molecule has 1 unspecified atom stereocenters. The zero-order valence-electron chi connectivity index (χ0n) is 21.1. The minimum atomic E-state index is -0.0406. The summed E-state index contributed by atoms with van der Waals surface area (Å²) in [7, 11) is 1.99. The number of hydrogen-bond acceptors (Lipinski definition) is 4. The lowest BCUT2D eigenvalue weighted by molar-refractivity contribution is -0.161. The zero-order valence-corrected chi connectivity index (χ0v) is 21.1. The third-order valence-corrected chi connectivity index (χ3v) is 12.0. The highest BCUT2D eigenvalue weighted by Crippen LogP contribution is 2.82. The van der Waals surface area contributed by atoms with Gasteiger partial charge in [-0.25, -0.2) is 4.98 Å². The summed E-state index contributed by atoms with van der Waals surface area (Å²) in [5.41, 5.74) is 2.13. The zero-order chi connectivity index (χ0) is 23.0. The molecule has 5 saturated carbocycles. The lowest BCUT2D eigenvalue weighted by atomic mass is 9.45. The number of rotatable bonds is 6. The van der Waals surface area contributed by atoms with E-state index in [2.05, 4.69) is 25.8 Å². The fourth-order valence-corrected chi connectivity index (χ4v) is 10.5. The monoisotopic (exact) mass is 453 g/mol. The van der Waals surface area contributed by atoms with Gasteiger partial charge in [-0.15, -0.1) is 0 Å². The Morgan fingerprint density at radius 1 is 1.12 bits per heavy atom. The summed E-state index contributed by atoms with van der Waals surface area (Å²) in [6.45, 7) is 8.35. The van der Waals surface area contributed by atoms with Crippen molar-refractivity contribution < 1.29 is 14.6 Å². The first kappa shape index (κ1) is 22.3. The van der Waals surface area contributed by atoms with Crippen LogP contribution in [0.2, 0.25) is 0 Å². The van der Waals surface area contributed by atoms with Crippen molar-refractivity contribution >= 4 is 0 Å². The predicted molar refractivity (Wildman–Crippen MR) is 129 cm³/mol. The first-order chi connectivity index (χ1) is 15.9. The third kappa shape index (κ3) is 2.98. The number of pyridine rings is 1. The molecule has 0 radical (unpaired) electrons. The van der Waals surface area contributed by atoms with Crippen LogP contribution in [0.3, 0.4) is 0 Å². The predicted octanol–water partition coefficient (Wildman–Crippen LogP) is 5.87. The molecule has 1 heterocycles. The summed E-state index contributed by atoms with van der Waals surface area (Å²) in [5.74, 6) is 5.41. The molecule has 1 aromatic rings. The lowest BCUT2D eigenvalue weighted by Crippen LogP contribution is -2.57. The van der Waals surface area contributed by atoms with Crippen LogP contribution in [0.5, 0.6) is 5.88 Å². The molecule has 0 aliphatic heterocycles. The Kier molecular flexibility index (Phi) is 5.20. The summed E-state index contributed by atoms with van der Waals surface area (Å²) in [5, 5.41) is 9.37. The molecular weight excluding hydrogens is 410 g/mol. The van der Waals surface area contributed by atoms with Crippen LogP contribution in [-0.4, -0.2) is 29.9 Å². The molecule has 6 rings (SSSR count). The van der Waals surface area contributed by atoms with Gasteiger partial charge >= 0.3 is 0 Å². The van der Waals surface area contributed by atoms with Gasteiger partial charge in [0.2, 0.25) is 5.88 Å². The van der Waals surface area contributed by atoms with Crippen molar-refractivity contribution in [1.82, 2.24) is 4.98 Å². The Hall–Kier alpha value is -1.13. The van der Waals surface area contributed by atoms with E-state index in [9.17, 15) is 5.11 Å². The van der Waals surface area contributed by atoms with E-state index in [1.807, 2.05) is 25.3 Å². The minimum Gasteiger partial charge on any atom is -0.477 e. The molecule has 33 heavy (non-hydrogen) atoms. The van der Waals surface area contributed by atoms with Crippen LogP contribution in [0.4, 0.5) is 0 Å². The molecule has 4 heteroatoms. The average Bonchev–Trinajstić information content (AvgIpc) is 3.33. The number of ether oxygens (including phenoxy) is 2. The smallest absolute Gasteiger partial charge is 0.213 e. The minimum absolute atomic E-state index is 0.0406. The Morgan fingerprint density at radius 3 is 2.73 bits per heavy atom. The van der Waals surface area contributed by atoms with Crippen LogP contribution in [-0.2, 0) is 11.3 Å². The van der Waals surface area contributed by atoms with Crippen LogP contribution in [0.15, 0.2) is 18.2 Å². The maximum absolute atomic E-state index is 9.37. The molecule has 182 valence electrons. The van der Waals surface area contributed by atoms with Gasteiger partial charge in [0, 0.05) is 18.6 Å². The fraction of sp³-hybridized carbons (Fsp3) is 0.828. The van der Waals surface area contributed by atoms with Crippen LogP contribution in [0.25, 0.3) is 0 Å². The molecule has 5 fully saturated rings. The highest BCUT2D eigenvalue weighted by atomic mass is 16.5. The topological polar surface area (TPSA) is 51.6 Å². The summed E-state index contributed by atoms with van der Waals surface area (Å²) >= 11 is 0. The van der Waals surface area contributed by atoms with Crippen LogP contribution in [0.1, 0.15) is 77.8 Å². The summed E-state index contributed by atoms with van der Waals surface area (Å²) in [6.07, 6.45) is 11.7. The van der Waals surface area contributed by atoms with Crippen LogP contribution < -0.4 is 4.74 Å². The Labute approximate surface area is 199 Å². The molecule has 5 aliphatic carbocycles. The highest BCUT2D eigenvalue weighted by molar-refractivity contribution is 5.26. The molecule has 1 spiro atoms. The second-order valence-electron chi connectivity index (χ2n) is 12.9. The Balaban J connectivity index is 1.19. The number of aliphatic hydroxyl groups excluding tert-OH is 1. The standard InChI is InChI=1S/C29H43NO3/c1-18(17-33-26-7-5-6-20(16-31)30-26)22-8-9-23-21-14-25(32-4)29-15-19(29)10-13-28(29,3)24(21)11-12-27(22,23)2/h5-7,18-19,21-25,31H,8-17H2,1-4H3/t18-,19-,21+,22-,23+,24+,25?,27-,28-,29+/m1/s1. The van der Waals surface area contributed by atoms with Gasteiger partial charge in [-0.1, -0.05) is 26.8 Å². The first-order valence-corrected chi connectivity index (χ1v) is 13.6. The Morgan fingerprint density at radius 2 is 1.97 bits per heavy atom. The maximum atomic E-state index is 9.37. The number of fused-ring (bicyclic) bond motifs is 4. The van der Waals surface area contributed by atoms with Gasteiger partial charge in [-0.05, 0) is 104 Å². The van der Waals surface area contributed by atoms with Gasteiger partial charge < -0.3 is 14.6 Å². The fourth-order valence-electron chi connectivity index (χ4n) is 10.5. The van der Waals surface area contributed by atoms with Crippen molar-refractivity contribution in [2.75, 3.05) is 13.7 Å². The van der Waals surface area contributed by atoms with Crippen molar-refractivity contribution in [2.45, 2.75) is 84.8 Å². The maximum Gasteiger partial charge on any atom is 0.213 e. The molecule has 4 nitrogen and oxygen atoms in total. The van der Waals surface area contributed by atoms with E-state index >= 15 is 0 Å². The third-order valence-electron chi connectivity index (χ3n) is 12.0. The van der Waals surface area contributed by atoms with Crippen molar-refractivity contribution in [1.29, 1.82) is 0 Å². The normalized spacial score (nSPS) is 48.4. The second kappa shape index (κ2) is 7.68. The molecule has 10 atom stereocenters. The van der Waals surface area contributed by atoms with Crippen molar-refractivity contribution in [3.05, 3.63) is 23.9 Å². The highest BCUT2D eigenvalue weighted by Gasteiger charge is 2.77. The van der Waals surface area contributed by atoms with E-state index in [0.29, 0.717) is 52.4 Å². The molecule has 0 saturated heterocycles. The van der Waals surface area contributed by atoms with E-state index in [0.717, 1.165) is 23.7 Å². The summed E-state index contributed by atoms with van der Waals surface area (Å²) in [4.78, 5) is 4.42. The van der Waals surface area contributed by atoms with Gasteiger partial charge in [0.25, 0.3) is 0 Å². The molecule has 1 aromatic heterocycles. The molecule has 0 aromatic carbocycles. The summed E-state index contributed by atoms with van der Waals surface area (Å²) < 4.78 is 12.4. The van der Waals surface area contributed by atoms with E-state index in [4.69, 9.17) is 9.47 Å². The van der Waals surface area contributed by atoms with Gasteiger partial charge in [0.15, 0.2) is 0 Å². The van der Waals surface area contributed by atoms with Gasteiger partial charge in [-0.3, -0.25) is 0 Å². The quantitative estimate of drug-likeness (QED) is 0.585. The molecule has 5 aliphatic rings. The van der Waals surface area contributed by atoms with E-state index < -0.39 is 0 Å². The van der Waals surface area contributed by atoms with Gasteiger partial charge in [0.1, 0.15) is 0 Å². The summed E-state index contributed by atoms with van der Waals surface area (Å²) in [6, 6.07) is 5.67. The van der Waals surface area contributed by atoms with Crippen molar-refractivity contribution in [3.8, 4) is 5.88 Å². The first-order valence-electron chi connectivity index (χ1n) is 13.6. The second-order valence-corrected chi connectivity index (χ2v) is 12.9. The number of hydrogen-bond donors (Lipinski definition) is 1. The van der Waals surface area contributed by atoms with E-state index in [1.54, 1.807) is 0 Å².